The third kappa shape index (κ3) is 3.32. The van der Waals surface area contributed by atoms with Crippen molar-refractivity contribution >= 4 is 5.97 Å². The second-order valence-corrected chi connectivity index (χ2v) is 10.2. The molecule has 4 heteroatoms. The molecular formula is C22H38N2O2. The zero-order valence-electron chi connectivity index (χ0n) is 17.1. The van der Waals surface area contributed by atoms with Crippen LogP contribution < -0.4 is 0 Å². The molecule has 3 aliphatic carbocycles. The Kier molecular flexibility index (Phi) is 5.11. The first-order valence-corrected chi connectivity index (χ1v) is 11.1. The Balaban J connectivity index is 1.17. The predicted octanol–water partition coefficient (Wildman–Crippen LogP) is 3.55. The highest BCUT2D eigenvalue weighted by Gasteiger charge is 2.66. The maximum Gasteiger partial charge on any atom is 0.310 e. The third-order valence-corrected chi connectivity index (χ3v) is 8.12. The topological polar surface area (TPSA) is 32.8 Å². The van der Waals surface area contributed by atoms with E-state index in [-0.39, 0.29) is 11.9 Å². The number of likely N-dealkylation sites (tertiary alicyclic amines) is 1. The molecule has 0 aromatic carbocycles. The van der Waals surface area contributed by atoms with Gasteiger partial charge in [0.25, 0.3) is 0 Å². The zero-order valence-corrected chi connectivity index (χ0v) is 17.1. The van der Waals surface area contributed by atoms with Crippen molar-refractivity contribution in [1.29, 1.82) is 0 Å². The van der Waals surface area contributed by atoms with Gasteiger partial charge in [0.2, 0.25) is 0 Å². The highest BCUT2D eigenvalue weighted by atomic mass is 16.5. The van der Waals surface area contributed by atoms with Crippen molar-refractivity contribution in [2.45, 2.75) is 71.8 Å². The van der Waals surface area contributed by atoms with E-state index in [4.69, 9.17) is 4.74 Å². The molecule has 6 aliphatic rings. The maximum absolute atomic E-state index is 12.0. The van der Waals surface area contributed by atoms with Crippen LogP contribution in [0.1, 0.15) is 65.7 Å². The number of hydrogen-bond acceptors (Lipinski definition) is 4. The van der Waals surface area contributed by atoms with Gasteiger partial charge in [-0.2, -0.15) is 0 Å². The van der Waals surface area contributed by atoms with E-state index in [1.165, 1.54) is 45.2 Å². The molecule has 3 unspecified atom stereocenters. The molecule has 0 radical (unpaired) electrons. The lowest BCUT2D eigenvalue weighted by atomic mass is 9.37. The average molecular weight is 363 g/mol. The second kappa shape index (κ2) is 7.09. The maximum atomic E-state index is 12.0. The molecule has 3 heterocycles. The van der Waals surface area contributed by atoms with Crippen molar-refractivity contribution in [3.05, 3.63) is 0 Å². The van der Waals surface area contributed by atoms with Gasteiger partial charge < -0.3 is 14.5 Å². The molecule has 148 valence electrons. The van der Waals surface area contributed by atoms with Crippen LogP contribution in [-0.2, 0) is 9.53 Å². The summed E-state index contributed by atoms with van der Waals surface area (Å²) in [5.41, 5.74) is 1.34. The molecule has 0 aromatic rings. The fourth-order valence-electron chi connectivity index (χ4n) is 7.17. The number of carbonyl (C=O) groups excluding carboxylic acids is 1. The SMILES string of the molecule is CCOC(=O)C1CCCN(CCCCN2CC3C4(C)CC2CC3(C)C4)C1. The number of hydrogen-bond donors (Lipinski definition) is 0. The van der Waals surface area contributed by atoms with Gasteiger partial charge in [-0.3, -0.25) is 4.79 Å². The van der Waals surface area contributed by atoms with Crippen LogP contribution in [0.4, 0.5) is 0 Å². The van der Waals surface area contributed by atoms with Crippen molar-refractivity contribution in [1.82, 2.24) is 9.80 Å². The lowest BCUT2D eigenvalue weighted by molar-refractivity contribution is -0.230. The van der Waals surface area contributed by atoms with Crippen molar-refractivity contribution in [2.24, 2.45) is 22.7 Å². The van der Waals surface area contributed by atoms with E-state index in [0.717, 1.165) is 44.4 Å². The van der Waals surface area contributed by atoms with E-state index in [1.54, 1.807) is 0 Å². The molecule has 6 rings (SSSR count). The average Bonchev–Trinajstić information content (AvgIpc) is 2.59. The molecular weight excluding hydrogens is 324 g/mol. The van der Waals surface area contributed by atoms with Crippen LogP contribution in [0.15, 0.2) is 0 Å². The molecule has 0 spiro atoms. The van der Waals surface area contributed by atoms with Crippen LogP contribution in [0.5, 0.6) is 0 Å². The number of piperidine rings is 3. The van der Waals surface area contributed by atoms with Crippen LogP contribution in [0.25, 0.3) is 0 Å². The summed E-state index contributed by atoms with van der Waals surface area (Å²) >= 11 is 0. The van der Waals surface area contributed by atoms with Crippen LogP contribution in [0, 0.1) is 22.7 Å². The second-order valence-electron chi connectivity index (χ2n) is 10.2. The molecule has 3 saturated heterocycles. The standard InChI is InChI=1S/C22H38N2O2/c1-4-26-20(25)17-8-7-10-23(14-17)9-5-6-11-24-15-19-21(2)12-18(24)13-22(19,3)16-21/h17-19H,4-16H2,1-3H3. The number of unbranched alkanes of at least 4 members (excludes halogenated alkanes) is 1. The first-order valence-electron chi connectivity index (χ1n) is 11.1. The Labute approximate surface area is 159 Å². The van der Waals surface area contributed by atoms with Gasteiger partial charge >= 0.3 is 5.97 Å². The Morgan fingerprint density at radius 3 is 2.54 bits per heavy atom. The summed E-state index contributed by atoms with van der Waals surface area (Å²) in [5, 5.41) is 0. The summed E-state index contributed by atoms with van der Waals surface area (Å²) in [6.07, 6.45) is 9.07. The largest absolute Gasteiger partial charge is 0.466 e. The number of esters is 1. The molecule has 0 aromatic heterocycles. The van der Waals surface area contributed by atoms with Crippen LogP contribution >= 0.6 is 0 Å². The van der Waals surface area contributed by atoms with Gasteiger partial charge in [-0.05, 0) is 88.3 Å². The van der Waals surface area contributed by atoms with E-state index in [9.17, 15) is 4.79 Å². The summed E-state index contributed by atoms with van der Waals surface area (Å²) in [4.78, 5) is 17.3. The van der Waals surface area contributed by atoms with Gasteiger partial charge in [0.1, 0.15) is 0 Å². The first kappa shape index (κ1) is 18.7. The predicted molar refractivity (Wildman–Crippen MR) is 104 cm³/mol. The molecule has 26 heavy (non-hydrogen) atoms. The van der Waals surface area contributed by atoms with Gasteiger partial charge in [0.15, 0.2) is 0 Å². The zero-order chi connectivity index (χ0) is 18.4. The molecule has 3 atom stereocenters. The normalized spacial score (nSPS) is 42.5. The van der Waals surface area contributed by atoms with E-state index in [1.807, 2.05) is 6.92 Å². The molecule has 0 amide bonds. The highest BCUT2D eigenvalue weighted by molar-refractivity contribution is 5.72. The third-order valence-electron chi connectivity index (χ3n) is 8.12. The van der Waals surface area contributed by atoms with Crippen LogP contribution in [-0.4, -0.2) is 61.1 Å². The van der Waals surface area contributed by atoms with Gasteiger partial charge in [-0.15, -0.1) is 0 Å². The summed E-state index contributed by atoms with van der Waals surface area (Å²) < 4.78 is 5.22. The summed E-state index contributed by atoms with van der Waals surface area (Å²) in [6.45, 7) is 13.3. The van der Waals surface area contributed by atoms with Crippen molar-refractivity contribution in [2.75, 3.05) is 39.3 Å². The van der Waals surface area contributed by atoms with Crippen molar-refractivity contribution in [3.63, 3.8) is 0 Å². The summed E-state index contributed by atoms with van der Waals surface area (Å²) in [7, 11) is 0. The van der Waals surface area contributed by atoms with Crippen molar-refractivity contribution in [3.8, 4) is 0 Å². The van der Waals surface area contributed by atoms with Gasteiger partial charge in [0.05, 0.1) is 12.5 Å². The lowest BCUT2D eigenvalue weighted by Gasteiger charge is -2.73. The van der Waals surface area contributed by atoms with E-state index >= 15 is 0 Å². The van der Waals surface area contributed by atoms with Gasteiger partial charge in [-0.25, -0.2) is 0 Å². The quantitative estimate of drug-likeness (QED) is 0.512. The minimum atomic E-state index is 0.0158. The molecule has 3 aliphatic heterocycles. The lowest BCUT2D eigenvalue weighted by Crippen LogP contribution is -2.71. The number of nitrogens with zero attached hydrogens (tertiary/aromatic N) is 2. The summed E-state index contributed by atoms with van der Waals surface area (Å²) in [6, 6.07) is 0.854. The fraction of sp³-hybridized carbons (Fsp3) is 0.955. The monoisotopic (exact) mass is 362 g/mol. The van der Waals surface area contributed by atoms with Crippen LogP contribution in [0.3, 0.4) is 0 Å². The fourth-order valence-corrected chi connectivity index (χ4v) is 7.17. The minimum Gasteiger partial charge on any atom is -0.466 e. The molecule has 4 nitrogen and oxygen atoms in total. The van der Waals surface area contributed by atoms with E-state index in [2.05, 4.69) is 23.6 Å². The highest BCUT2D eigenvalue weighted by Crippen LogP contribution is 2.70. The number of fused-ring (bicyclic) bond motifs is 1. The van der Waals surface area contributed by atoms with Crippen LogP contribution in [0.2, 0.25) is 0 Å². The molecule has 4 bridgehead atoms. The minimum absolute atomic E-state index is 0.0158. The van der Waals surface area contributed by atoms with E-state index < -0.39 is 0 Å². The Bertz CT molecular complexity index is 520. The Morgan fingerprint density at radius 1 is 1.12 bits per heavy atom. The molecule has 0 N–H and O–H groups in total. The van der Waals surface area contributed by atoms with Gasteiger partial charge in [-0.1, -0.05) is 13.8 Å². The molecule has 3 saturated carbocycles. The number of ether oxygens (including phenoxy) is 1. The first-order chi connectivity index (χ1) is 12.4. The number of rotatable bonds is 7. The number of carbonyl (C=O) groups is 1. The summed E-state index contributed by atoms with van der Waals surface area (Å²) in [5.74, 6) is 1.07. The Hall–Kier alpha value is -0.610. The van der Waals surface area contributed by atoms with Gasteiger partial charge in [0, 0.05) is 19.1 Å². The van der Waals surface area contributed by atoms with E-state index in [0.29, 0.717) is 17.4 Å². The molecule has 6 fully saturated rings. The smallest absolute Gasteiger partial charge is 0.310 e. The Morgan fingerprint density at radius 2 is 1.85 bits per heavy atom. The van der Waals surface area contributed by atoms with Crippen molar-refractivity contribution < 1.29 is 9.53 Å².